The van der Waals surface area contributed by atoms with Crippen LogP contribution in [-0.2, 0) is 6.54 Å². The molecule has 3 rings (SSSR count). The van der Waals surface area contributed by atoms with Crippen molar-refractivity contribution in [1.82, 2.24) is 19.5 Å². The van der Waals surface area contributed by atoms with Crippen molar-refractivity contribution in [3.8, 4) is 0 Å². The van der Waals surface area contributed by atoms with Crippen LogP contribution in [0.2, 0.25) is 0 Å². The largest absolute Gasteiger partial charge is 0.353 e. The van der Waals surface area contributed by atoms with Gasteiger partial charge in [-0.05, 0) is 12.8 Å². The van der Waals surface area contributed by atoms with Gasteiger partial charge in [0, 0.05) is 17.5 Å². The molecule has 1 N–H and O–H groups in total. The number of aromatic nitrogens is 4. The van der Waals surface area contributed by atoms with Crippen LogP contribution in [0.3, 0.4) is 0 Å². The molecule has 1 aliphatic rings. The van der Waals surface area contributed by atoms with E-state index in [9.17, 15) is 0 Å². The maximum absolute atomic E-state index is 4.62. The Labute approximate surface area is 89.9 Å². The van der Waals surface area contributed by atoms with Crippen LogP contribution >= 0.6 is 11.5 Å². The van der Waals surface area contributed by atoms with Gasteiger partial charge in [0.1, 0.15) is 5.82 Å². The molecule has 0 unspecified atom stereocenters. The Bertz CT molecular complexity index is 436. The molecular formula is C8H9N5OS. The summed E-state index contributed by atoms with van der Waals surface area (Å²) in [5.41, 5.74) is 0. The van der Waals surface area contributed by atoms with Gasteiger partial charge in [0.15, 0.2) is 5.82 Å². The molecule has 0 spiro atoms. The third kappa shape index (κ3) is 1.96. The number of nitrogens with one attached hydrogen (secondary N) is 1. The highest BCUT2D eigenvalue weighted by Gasteiger charge is 2.27. The van der Waals surface area contributed by atoms with Crippen LogP contribution in [0, 0.1) is 0 Å². The lowest BCUT2D eigenvalue weighted by Crippen LogP contribution is -2.00. The molecule has 0 radical (unpaired) electrons. The normalized spacial score (nSPS) is 15.5. The minimum absolute atomic E-state index is 0.524. The quantitative estimate of drug-likeness (QED) is 0.844. The topological polar surface area (TPSA) is 76.7 Å². The molecule has 1 saturated carbocycles. The van der Waals surface area contributed by atoms with Crippen molar-refractivity contribution in [3.63, 3.8) is 0 Å². The molecule has 0 atom stereocenters. The second-order valence-corrected chi connectivity index (χ2v) is 4.18. The maximum atomic E-state index is 4.62. The Kier molecular flexibility index (Phi) is 2.09. The number of hydrogen-bond acceptors (Lipinski definition) is 7. The van der Waals surface area contributed by atoms with Crippen LogP contribution in [-0.4, -0.2) is 19.5 Å². The second-order valence-electron chi connectivity index (χ2n) is 3.43. The van der Waals surface area contributed by atoms with Gasteiger partial charge in [-0.2, -0.15) is 9.36 Å². The lowest BCUT2D eigenvalue weighted by molar-refractivity contribution is 0.411. The van der Waals surface area contributed by atoms with Gasteiger partial charge < -0.3 is 9.84 Å². The summed E-state index contributed by atoms with van der Waals surface area (Å²) in [6.07, 6.45) is 3.76. The summed E-state index contributed by atoms with van der Waals surface area (Å²) in [7, 11) is 0. The predicted molar refractivity (Wildman–Crippen MR) is 53.5 cm³/mol. The summed E-state index contributed by atoms with van der Waals surface area (Å²) in [4.78, 5) is 8.28. The molecule has 1 aliphatic carbocycles. The first-order chi connectivity index (χ1) is 7.42. The van der Waals surface area contributed by atoms with E-state index >= 15 is 0 Å². The first kappa shape index (κ1) is 8.78. The lowest BCUT2D eigenvalue weighted by atomic mass is 10.4. The summed E-state index contributed by atoms with van der Waals surface area (Å²) in [5.74, 6) is 2.19. The van der Waals surface area contributed by atoms with Crippen molar-refractivity contribution in [2.45, 2.75) is 25.3 Å². The Hall–Kier alpha value is -1.50. The van der Waals surface area contributed by atoms with Crippen LogP contribution in [0.5, 0.6) is 0 Å². The highest BCUT2D eigenvalue weighted by Crippen LogP contribution is 2.39. The molecular weight excluding hydrogens is 214 g/mol. The molecule has 15 heavy (non-hydrogen) atoms. The third-order valence-corrected chi connectivity index (χ3v) is 2.88. The fourth-order valence-electron chi connectivity index (χ4n) is 1.24. The van der Waals surface area contributed by atoms with E-state index in [0.717, 1.165) is 11.0 Å². The van der Waals surface area contributed by atoms with Crippen LogP contribution in [0.25, 0.3) is 0 Å². The van der Waals surface area contributed by atoms with E-state index in [4.69, 9.17) is 0 Å². The minimum atomic E-state index is 0.524. The molecule has 0 saturated heterocycles. The Morgan fingerprint density at radius 1 is 1.53 bits per heavy atom. The number of nitrogens with zero attached hydrogens (tertiary/aromatic N) is 4. The SMILES string of the molecule is c1nc(CNc2nc(C3CC3)ns2)no1. The van der Waals surface area contributed by atoms with Crippen LogP contribution < -0.4 is 5.32 Å². The average Bonchev–Trinajstić information content (AvgIpc) is 2.82. The van der Waals surface area contributed by atoms with Gasteiger partial charge in [0.2, 0.25) is 11.5 Å². The van der Waals surface area contributed by atoms with Crippen LogP contribution in [0.1, 0.15) is 30.4 Å². The number of anilines is 1. The molecule has 6 nitrogen and oxygen atoms in total. The summed E-state index contributed by atoms with van der Waals surface area (Å²) >= 11 is 1.38. The van der Waals surface area contributed by atoms with Crippen molar-refractivity contribution in [1.29, 1.82) is 0 Å². The highest BCUT2D eigenvalue weighted by atomic mass is 32.1. The second kappa shape index (κ2) is 3.58. The summed E-state index contributed by atoms with van der Waals surface area (Å²) in [6.45, 7) is 0.524. The molecule has 78 valence electrons. The Morgan fingerprint density at radius 3 is 3.20 bits per heavy atom. The van der Waals surface area contributed by atoms with E-state index in [1.807, 2.05) is 0 Å². The summed E-state index contributed by atoms with van der Waals surface area (Å²) in [5, 5.41) is 7.62. The Morgan fingerprint density at radius 2 is 2.47 bits per heavy atom. The predicted octanol–water partition coefficient (Wildman–Crippen LogP) is 1.41. The fraction of sp³-hybridized carbons (Fsp3) is 0.500. The first-order valence-electron chi connectivity index (χ1n) is 4.74. The molecule has 1 fully saturated rings. The van der Waals surface area contributed by atoms with E-state index < -0.39 is 0 Å². The summed E-state index contributed by atoms with van der Waals surface area (Å²) < 4.78 is 8.90. The zero-order chi connectivity index (χ0) is 10.1. The van der Waals surface area contributed by atoms with E-state index in [-0.39, 0.29) is 0 Å². The third-order valence-electron chi connectivity index (χ3n) is 2.19. The molecule has 2 heterocycles. The van der Waals surface area contributed by atoms with Crippen molar-refractivity contribution in [2.24, 2.45) is 0 Å². The molecule has 0 amide bonds. The monoisotopic (exact) mass is 223 g/mol. The Balaban J connectivity index is 1.61. The zero-order valence-corrected chi connectivity index (χ0v) is 8.70. The van der Waals surface area contributed by atoms with Gasteiger partial charge >= 0.3 is 0 Å². The van der Waals surface area contributed by atoms with E-state index in [2.05, 4.69) is 29.3 Å². The maximum Gasteiger partial charge on any atom is 0.213 e. The zero-order valence-electron chi connectivity index (χ0n) is 7.88. The van der Waals surface area contributed by atoms with Crippen molar-refractivity contribution in [2.75, 3.05) is 5.32 Å². The van der Waals surface area contributed by atoms with Gasteiger partial charge in [-0.1, -0.05) is 5.16 Å². The number of hydrogen-bond donors (Lipinski definition) is 1. The minimum Gasteiger partial charge on any atom is -0.353 e. The van der Waals surface area contributed by atoms with Gasteiger partial charge in [0.05, 0.1) is 6.54 Å². The van der Waals surface area contributed by atoms with Crippen molar-refractivity contribution in [3.05, 3.63) is 18.0 Å². The van der Waals surface area contributed by atoms with Crippen LogP contribution in [0.15, 0.2) is 10.9 Å². The number of rotatable bonds is 4. The highest BCUT2D eigenvalue weighted by molar-refractivity contribution is 7.09. The van der Waals surface area contributed by atoms with E-state index in [1.165, 1.54) is 30.8 Å². The van der Waals surface area contributed by atoms with Gasteiger partial charge in [0.25, 0.3) is 0 Å². The standard InChI is InChI=1S/C8H9N5OS/c1-2-5(1)7-11-8(15-13-7)9-3-6-10-4-14-12-6/h4-5H,1-3H2,(H,9,11,13). The van der Waals surface area contributed by atoms with E-state index in [1.54, 1.807) is 0 Å². The average molecular weight is 223 g/mol. The van der Waals surface area contributed by atoms with Crippen molar-refractivity contribution < 1.29 is 4.52 Å². The molecule has 0 bridgehead atoms. The van der Waals surface area contributed by atoms with Gasteiger partial charge in [-0.25, -0.2) is 4.98 Å². The van der Waals surface area contributed by atoms with E-state index in [0.29, 0.717) is 18.3 Å². The lowest BCUT2D eigenvalue weighted by Gasteiger charge is -1.94. The van der Waals surface area contributed by atoms with Crippen molar-refractivity contribution >= 4 is 16.7 Å². The van der Waals surface area contributed by atoms with Gasteiger partial charge in [-0.15, -0.1) is 0 Å². The molecule has 7 heteroatoms. The van der Waals surface area contributed by atoms with Gasteiger partial charge in [-0.3, -0.25) is 0 Å². The smallest absolute Gasteiger partial charge is 0.213 e. The summed E-state index contributed by atoms with van der Waals surface area (Å²) in [6, 6.07) is 0. The fourth-order valence-corrected chi connectivity index (χ4v) is 1.88. The molecule has 0 aliphatic heterocycles. The molecule has 0 aromatic carbocycles. The molecule has 2 aromatic heterocycles. The van der Waals surface area contributed by atoms with Crippen LogP contribution in [0.4, 0.5) is 5.13 Å². The first-order valence-corrected chi connectivity index (χ1v) is 5.52. The molecule has 2 aromatic rings.